The van der Waals surface area contributed by atoms with Crippen molar-refractivity contribution in [2.24, 2.45) is 0 Å². The first kappa shape index (κ1) is 10.4. The summed E-state index contributed by atoms with van der Waals surface area (Å²) in [6, 6.07) is 8.11. The summed E-state index contributed by atoms with van der Waals surface area (Å²) in [7, 11) is 0. The van der Waals surface area contributed by atoms with Gasteiger partial charge in [0, 0.05) is 18.0 Å². The predicted octanol–water partition coefficient (Wildman–Crippen LogP) is 2.90. The van der Waals surface area contributed by atoms with Crippen molar-refractivity contribution in [2.75, 3.05) is 5.73 Å². The number of benzene rings is 1. The molecule has 0 bridgehead atoms. The average Bonchev–Trinajstić information content (AvgIpc) is 2.24. The first-order valence-corrected chi connectivity index (χ1v) is 4.81. The van der Waals surface area contributed by atoms with Gasteiger partial charge in [-0.25, -0.2) is 4.98 Å². The van der Waals surface area contributed by atoms with Gasteiger partial charge in [-0.2, -0.15) is 4.39 Å². The molecule has 0 aliphatic carbocycles. The Bertz CT molecular complexity index is 514. The SMILES string of the molecule is Cc1cc(Oc2ccnc(F)c2)ccc1N. The molecule has 0 fully saturated rings. The van der Waals surface area contributed by atoms with Crippen LogP contribution in [0.3, 0.4) is 0 Å². The van der Waals surface area contributed by atoms with E-state index in [0.717, 1.165) is 5.56 Å². The highest BCUT2D eigenvalue weighted by atomic mass is 19.1. The molecule has 0 amide bonds. The van der Waals surface area contributed by atoms with Gasteiger partial charge in [-0.3, -0.25) is 0 Å². The summed E-state index contributed by atoms with van der Waals surface area (Å²) in [4.78, 5) is 3.45. The molecule has 4 heteroatoms. The van der Waals surface area contributed by atoms with Gasteiger partial charge in [0.15, 0.2) is 0 Å². The number of ether oxygens (including phenoxy) is 1. The summed E-state index contributed by atoms with van der Waals surface area (Å²) in [6.07, 6.45) is 1.36. The van der Waals surface area contributed by atoms with Gasteiger partial charge in [-0.1, -0.05) is 0 Å². The van der Waals surface area contributed by atoms with E-state index < -0.39 is 5.95 Å². The fraction of sp³-hybridized carbons (Fsp3) is 0.0833. The Morgan fingerprint density at radius 3 is 2.62 bits per heavy atom. The number of aryl methyl sites for hydroxylation is 1. The van der Waals surface area contributed by atoms with Gasteiger partial charge in [-0.15, -0.1) is 0 Å². The van der Waals surface area contributed by atoms with Crippen LogP contribution in [0.15, 0.2) is 36.5 Å². The van der Waals surface area contributed by atoms with Gasteiger partial charge >= 0.3 is 0 Å². The number of pyridine rings is 1. The van der Waals surface area contributed by atoms with Gasteiger partial charge in [-0.05, 0) is 36.8 Å². The smallest absolute Gasteiger partial charge is 0.216 e. The molecular weight excluding hydrogens is 207 g/mol. The maximum Gasteiger partial charge on any atom is 0.216 e. The molecule has 0 aliphatic rings. The minimum atomic E-state index is -0.565. The van der Waals surface area contributed by atoms with Crippen LogP contribution in [0.1, 0.15) is 5.56 Å². The maximum atomic E-state index is 12.8. The van der Waals surface area contributed by atoms with E-state index in [-0.39, 0.29) is 0 Å². The zero-order chi connectivity index (χ0) is 11.5. The summed E-state index contributed by atoms with van der Waals surface area (Å²) in [6.45, 7) is 1.88. The van der Waals surface area contributed by atoms with Crippen LogP contribution in [0.4, 0.5) is 10.1 Å². The van der Waals surface area contributed by atoms with Crippen LogP contribution in [0.5, 0.6) is 11.5 Å². The number of halogens is 1. The van der Waals surface area contributed by atoms with E-state index in [1.54, 1.807) is 24.3 Å². The molecule has 2 aromatic rings. The van der Waals surface area contributed by atoms with Gasteiger partial charge in [0.25, 0.3) is 0 Å². The van der Waals surface area contributed by atoms with Crippen LogP contribution < -0.4 is 10.5 Å². The number of nitrogens with zero attached hydrogens (tertiary/aromatic N) is 1. The van der Waals surface area contributed by atoms with Crippen molar-refractivity contribution in [2.45, 2.75) is 6.92 Å². The monoisotopic (exact) mass is 218 g/mol. The minimum Gasteiger partial charge on any atom is -0.457 e. The number of nitrogens with two attached hydrogens (primary N) is 1. The Labute approximate surface area is 92.7 Å². The van der Waals surface area contributed by atoms with Crippen LogP contribution in [0.2, 0.25) is 0 Å². The number of hydrogen-bond donors (Lipinski definition) is 1. The molecular formula is C12H11FN2O. The molecule has 1 heterocycles. The Kier molecular flexibility index (Phi) is 2.72. The highest BCUT2D eigenvalue weighted by Crippen LogP contribution is 2.24. The number of rotatable bonds is 2. The fourth-order valence-electron chi connectivity index (χ4n) is 1.30. The zero-order valence-corrected chi connectivity index (χ0v) is 8.77. The largest absolute Gasteiger partial charge is 0.457 e. The van der Waals surface area contributed by atoms with Crippen molar-refractivity contribution in [3.05, 3.63) is 48.0 Å². The van der Waals surface area contributed by atoms with Crippen LogP contribution in [-0.2, 0) is 0 Å². The second-order valence-corrected chi connectivity index (χ2v) is 3.43. The third-order valence-corrected chi connectivity index (χ3v) is 2.17. The fourth-order valence-corrected chi connectivity index (χ4v) is 1.30. The van der Waals surface area contributed by atoms with E-state index in [4.69, 9.17) is 10.5 Å². The van der Waals surface area contributed by atoms with Crippen molar-refractivity contribution in [1.29, 1.82) is 0 Å². The Balaban J connectivity index is 2.24. The van der Waals surface area contributed by atoms with Crippen molar-refractivity contribution in [3.63, 3.8) is 0 Å². The van der Waals surface area contributed by atoms with E-state index in [2.05, 4.69) is 4.98 Å². The molecule has 2 rings (SSSR count). The van der Waals surface area contributed by atoms with Gasteiger partial charge in [0.05, 0.1) is 0 Å². The lowest BCUT2D eigenvalue weighted by Crippen LogP contribution is -1.91. The van der Waals surface area contributed by atoms with Crippen LogP contribution in [0, 0.1) is 12.9 Å². The molecule has 1 aromatic carbocycles. The third-order valence-electron chi connectivity index (χ3n) is 2.17. The summed E-state index contributed by atoms with van der Waals surface area (Å²) >= 11 is 0. The van der Waals surface area contributed by atoms with E-state index in [0.29, 0.717) is 17.2 Å². The van der Waals surface area contributed by atoms with E-state index in [1.807, 2.05) is 6.92 Å². The Morgan fingerprint density at radius 1 is 1.19 bits per heavy atom. The van der Waals surface area contributed by atoms with Gasteiger partial charge in [0.2, 0.25) is 5.95 Å². The van der Waals surface area contributed by atoms with E-state index in [9.17, 15) is 4.39 Å². The van der Waals surface area contributed by atoms with Crippen LogP contribution >= 0.6 is 0 Å². The molecule has 0 aliphatic heterocycles. The molecule has 16 heavy (non-hydrogen) atoms. The number of anilines is 1. The quantitative estimate of drug-likeness (QED) is 0.622. The summed E-state index contributed by atoms with van der Waals surface area (Å²) < 4.78 is 18.3. The van der Waals surface area contributed by atoms with Crippen molar-refractivity contribution >= 4 is 5.69 Å². The molecule has 82 valence electrons. The average molecular weight is 218 g/mol. The van der Waals surface area contributed by atoms with E-state index >= 15 is 0 Å². The van der Waals surface area contributed by atoms with Gasteiger partial charge < -0.3 is 10.5 Å². The predicted molar refractivity (Wildman–Crippen MR) is 59.9 cm³/mol. The highest BCUT2D eigenvalue weighted by molar-refractivity contribution is 5.50. The lowest BCUT2D eigenvalue weighted by atomic mass is 10.2. The molecule has 2 N–H and O–H groups in total. The third kappa shape index (κ3) is 2.28. The summed E-state index contributed by atoms with van der Waals surface area (Å²) in [5.74, 6) is 0.471. The normalized spacial score (nSPS) is 10.1. The van der Waals surface area contributed by atoms with Crippen molar-refractivity contribution in [3.8, 4) is 11.5 Å². The van der Waals surface area contributed by atoms with Crippen LogP contribution in [0.25, 0.3) is 0 Å². The number of nitrogen functional groups attached to an aromatic ring is 1. The van der Waals surface area contributed by atoms with E-state index in [1.165, 1.54) is 12.3 Å². The molecule has 0 radical (unpaired) electrons. The maximum absolute atomic E-state index is 12.8. The molecule has 0 saturated heterocycles. The van der Waals surface area contributed by atoms with Crippen molar-refractivity contribution in [1.82, 2.24) is 4.98 Å². The first-order valence-electron chi connectivity index (χ1n) is 4.81. The lowest BCUT2D eigenvalue weighted by Gasteiger charge is -2.07. The van der Waals surface area contributed by atoms with Crippen LogP contribution in [-0.4, -0.2) is 4.98 Å². The molecule has 0 unspecified atom stereocenters. The number of aromatic nitrogens is 1. The minimum absolute atomic E-state index is 0.414. The second kappa shape index (κ2) is 4.18. The topological polar surface area (TPSA) is 48.1 Å². The molecule has 1 aromatic heterocycles. The molecule has 0 spiro atoms. The summed E-state index contributed by atoms with van der Waals surface area (Å²) in [5, 5.41) is 0. The Hall–Kier alpha value is -2.10. The highest BCUT2D eigenvalue weighted by Gasteiger charge is 2.01. The first-order chi connectivity index (χ1) is 7.65. The zero-order valence-electron chi connectivity index (χ0n) is 8.77. The van der Waals surface area contributed by atoms with Crippen molar-refractivity contribution < 1.29 is 9.13 Å². The number of hydrogen-bond acceptors (Lipinski definition) is 3. The molecule has 0 atom stereocenters. The second-order valence-electron chi connectivity index (χ2n) is 3.43. The standard InChI is InChI=1S/C12H11FN2O/c1-8-6-9(2-3-11(8)14)16-10-4-5-15-12(13)7-10/h2-7H,14H2,1H3. The summed E-state index contributed by atoms with van der Waals surface area (Å²) in [5.41, 5.74) is 7.31. The molecule has 3 nitrogen and oxygen atoms in total. The van der Waals surface area contributed by atoms with Gasteiger partial charge in [0.1, 0.15) is 11.5 Å². The molecule has 0 saturated carbocycles. The lowest BCUT2D eigenvalue weighted by molar-refractivity contribution is 0.472. The Morgan fingerprint density at radius 2 is 1.94 bits per heavy atom.